The Hall–Kier alpha value is -1.44. The van der Waals surface area contributed by atoms with Crippen molar-refractivity contribution in [1.82, 2.24) is 4.72 Å². The molecular formula is C12H13FN2O2S2. The Morgan fingerprint density at radius 2 is 2.11 bits per heavy atom. The molecule has 0 aliphatic carbocycles. The van der Waals surface area contributed by atoms with Gasteiger partial charge in [-0.1, -0.05) is 0 Å². The number of aryl methyl sites for hydroxylation is 1. The van der Waals surface area contributed by atoms with Crippen LogP contribution >= 0.6 is 11.3 Å². The van der Waals surface area contributed by atoms with E-state index in [-0.39, 0.29) is 12.2 Å². The van der Waals surface area contributed by atoms with Gasteiger partial charge in [0.05, 0.1) is 0 Å². The second-order valence-corrected chi connectivity index (χ2v) is 6.78. The van der Waals surface area contributed by atoms with Crippen molar-refractivity contribution in [2.45, 2.75) is 18.4 Å². The number of nitrogen functional groups attached to an aromatic ring is 1. The standard InChI is InChI=1S/C12H13FN2O2S2/c1-8-4-5-18-11(8)7-15-19(16,17)12-3-2-9(14)6-10(12)13/h2-6,15H,7,14H2,1H3. The molecule has 1 aromatic heterocycles. The summed E-state index contributed by atoms with van der Waals surface area (Å²) in [7, 11) is -3.87. The molecule has 1 aromatic carbocycles. The number of nitrogens with two attached hydrogens (primary N) is 1. The number of hydrogen-bond acceptors (Lipinski definition) is 4. The van der Waals surface area contributed by atoms with E-state index in [1.807, 2.05) is 18.4 Å². The molecule has 102 valence electrons. The fraction of sp³-hybridized carbons (Fsp3) is 0.167. The molecule has 0 saturated heterocycles. The Morgan fingerprint density at radius 1 is 1.37 bits per heavy atom. The lowest BCUT2D eigenvalue weighted by atomic mass is 10.3. The lowest BCUT2D eigenvalue weighted by molar-refractivity contribution is 0.557. The summed E-state index contributed by atoms with van der Waals surface area (Å²) in [5, 5.41) is 1.88. The molecule has 0 saturated carbocycles. The number of thiophene rings is 1. The number of halogens is 1. The van der Waals surface area contributed by atoms with Crippen LogP contribution in [-0.4, -0.2) is 8.42 Å². The number of sulfonamides is 1. The van der Waals surface area contributed by atoms with E-state index in [4.69, 9.17) is 5.73 Å². The van der Waals surface area contributed by atoms with Gasteiger partial charge in [0.1, 0.15) is 10.7 Å². The number of rotatable bonds is 4. The van der Waals surface area contributed by atoms with Crippen molar-refractivity contribution in [1.29, 1.82) is 0 Å². The first-order valence-electron chi connectivity index (χ1n) is 5.48. The van der Waals surface area contributed by atoms with Crippen molar-refractivity contribution in [3.8, 4) is 0 Å². The number of hydrogen-bond donors (Lipinski definition) is 2. The Bertz CT molecular complexity index is 696. The Kier molecular flexibility index (Phi) is 3.88. The first-order chi connectivity index (χ1) is 8.90. The van der Waals surface area contributed by atoms with Crippen molar-refractivity contribution in [2.75, 3.05) is 5.73 Å². The van der Waals surface area contributed by atoms with Crippen LogP contribution < -0.4 is 10.5 Å². The van der Waals surface area contributed by atoms with Gasteiger partial charge in [-0.05, 0) is 42.1 Å². The van der Waals surface area contributed by atoms with Gasteiger partial charge in [-0.3, -0.25) is 0 Å². The van der Waals surface area contributed by atoms with Gasteiger partial charge in [-0.2, -0.15) is 0 Å². The third-order valence-corrected chi connectivity index (χ3v) is 5.09. The van der Waals surface area contributed by atoms with Gasteiger partial charge in [0.25, 0.3) is 0 Å². The summed E-state index contributed by atoms with van der Waals surface area (Å²) in [5.41, 5.74) is 6.58. The molecule has 0 aliphatic rings. The zero-order valence-electron chi connectivity index (χ0n) is 10.2. The van der Waals surface area contributed by atoms with Crippen LogP contribution in [0.3, 0.4) is 0 Å². The first-order valence-corrected chi connectivity index (χ1v) is 7.84. The van der Waals surface area contributed by atoms with E-state index in [0.29, 0.717) is 0 Å². The second kappa shape index (κ2) is 5.28. The molecule has 7 heteroatoms. The summed E-state index contributed by atoms with van der Waals surface area (Å²) in [6, 6.07) is 5.41. The minimum absolute atomic E-state index is 0.148. The van der Waals surface area contributed by atoms with E-state index < -0.39 is 20.7 Å². The smallest absolute Gasteiger partial charge is 0.243 e. The number of anilines is 1. The number of benzene rings is 1. The van der Waals surface area contributed by atoms with Crippen molar-refractivity contribution in [3.05, 3.63) is 45.9 Å². The topological polar surface area (TPSA) is 72.2 Å². The summed E-state index contributed by atoms with van der Waals surface area (Å²) in [5.74, 6) is -0.851. The summed E-state index contributed by atoms with van der Waals surface area (Å²) >= 11 is 1.45. The minimum atomic E-state index is -3.87. The largest absolute Gasteiger partial charge is 0.399 e. The Balaban J connectivity index is 2.21. The van der Waals surface area contributed by atoms with Crippen LogP contribution in [-0.2, 0) is 16.6 Å². The molecule has 0 amide bonds. The molecule has 0 radical (unpaired) electrons. The maximum atomic E-state index is 13.6. The van der Waals surface area contributed by atoms with Crippen molar-refractivity contribution in [3.63, 3.8) is 0 Å². The van der Waals surface area contributed by atoms with E-state index in [9.17, 15) is 12.8 Å². The highest BCUT2D eigenvalue weighted by atomic mass is 32.2. The van der Waals surface area contributed by atoms with E-state index in [1.54, 1.807) is 0 Å². The normalized spacial score (nSPS) is 11.7. The maximum Gasteiger partial charge on any atom is 0.243 e. The number of nitrogens with one attached hydrogen (secondary N) is 1. The minimum Gasteiger partial charge on any atom is -0.399 e. The van der Waals surface area contributed by atoms with Crippen LogP contribution in [0.4, 0.5) is 10.1 Å². The van der Waals surface area contributed by atoms with Gasteiger partial charge >= 0.3 is 0 Å². The molecule has 1 heterocycles. The highest BCUT2D eigenvalue weighted by Gasteiger charge is 2.19. The van der Waals surface area contributed by atoms with Crippen molar-refractivity contribution < 1.29 is 12.8 Å². The molecule has 0 unspecified atom stereocenters. The molecule has 2 rings (SSSR count). The Labute approximate surface area is 115 Å². The lowest BCUT2D eigenvalue weighted by Crippen LogP contribution is -2.24. The van der Waals surface area contributed by atoms with Crippen LogP contribution in [0.15, 0.2) is 34.5 Å². The maximum absolute atomic E-state index is 13.6. The predicted molar refractivity (Wildman–Crippen MR) is 73.9 cm³/mol. The Morgan fingerprint density at radius 3 is 2.68 bits per heavy atom. The van der Waals surface area contributed by atoms with Crippen LogP contribution in [0.2, 0.25) is 0 Å². The van der Waals surface area contributed by atoms with Crippen molar-refractivity contribution in [2.24, 2.45) is 0 Å². The van der Waals surface area contributed by atoms with Crippen LogP contribution in [0, 0.1) is 12.7 Å². The van der Waals surface area contributed by atoms with E-state index in [0.717, 1.165) is 22.6 Å². The molecule has 3 N–H and O–H groups in total. The molecule has 2 aromatic rings. The second-order valence-electron chi connectivity index (χ2n) is 4.04. The molecule has 0 spiro atoms. The van der Waals surface area contributed by atoms with Crippen molar-refractivity contribution >= 4 is 27.0 Å². The van der Waals surface area contributed by atoms with Gasteiger partial charge in [0, 0.05) is 17.1 Å². The third-order valence-electron chi connectivity index (χ3n) is 2.64. The SMILES string of the molecule is Cc1ccsc1CNS(=O)(=O)c1ccc(N)cc1F. The highest BCUT2D eigenvalue weighted by molar-refractivity contribution is 7.89. The van der Waals surface area contributed by atoms with Crippen LogP contribution in [0.25, 0.3) is 0 Å². The van der Waals surface area contributed by atoms with Crippen LogP contribution in [0.1, 0.15) is 10.4 Å². The van der Waals surface area contributed by atoms with Gasteiger partial charge in [-0.25, -0.2) is 17.5 Å². The lowest BCUT2D eigenvalue weighted by Gasteiger charge is -2.07. The zero-order chi connectivity index (χ0) is 14.0. The third kappa shape index (κ3) is 3.12. The predicted octanol–water partition coefficient (Wildman–Crippen LogP) is 2.26. The fourth-order valence-corrected chi connectivity index (χ4v) is 3.55. The quantitative estimate of drug-likeness (QED) is 0.851. The van der Waals surface area contributed by atoms with E-state index in [2.05, 4.69) is 4.72 Å². The first kappa shape index (κ1) is 14.0. The van der Waals surface area contributed by atoms with E-state index >= 15 is 0 Å². The van der Waals surface area contributed by atoms with Gasteiger partial charge in [0.2, 0.25) is 10.0 Å². The highest BCUT2D eigenvalue weighted by Crippen LogP contribution is 2.19. The molecule has 0 fully saturated rings. The van der Waals surface area contributed by atoms with Crippen LogP contribution in [0.5, 0.6) is 0 Å². The van der Waals surface area contributed by atoms with E-state index in [1.165, 1.54) is 17.4 Å². The molecule has 0 bridgehead atoms. The van der Waals surface area contributed by atoms with Gasteiger partial charge in [-0.15, -0.1) is 11.3 Å². The average Bonchev–Trinajstić information content (AvgIpc) is 2.72. The zero-order valence-corrected chi connectivity index (χ0v) is 11.8. The molecule has 19 heavy (non-hydrogen) atoms. The van der Waals surface area contributed by atoms with Gasteiger partial charge < -0.3 is 5.73 Å². The molecule has 4 nitrogen and oxygen atoms in total. The molecule has 0 aliphatic heterocycles. The summed E-state index contributed by atoms with van der Waals surface area (Å²) in [6.07, 6.45) is 0. The summed E-state index contributed by atoms with van der Waals surface area (Å²) < 4.78 is 39.9. The summed E-state index contributed by atoms with van der Waals surface area (Å²) in [4.78, 5) is 0.510. The summed E-state index contributed by atoms with van der Waals surface area (Å²) in [6.45, 7) is 2.04. The molecular weight excluding hydrogens is 287 g/mol. The fourth-order valence-electron chi connectivity index (χ4n) is 1.56. The average molecular weight is 300 g/mol. The molecule has 0 atom stereocenters. The van der Waals surface area contributed by atoms with Gasteiger partial charge in [0.15, 0.2) is 0 Å². The monoisotopic (exact) mass is 300 g/mol.